The van der Waals surface area contributed by atoms with Gasteiger partial charge in [0, 0.05) is 16.5 Å². The normalized spacial score (nSPS) is 12.7. The number of amides is 2. The fourth-order valence-electron chi connectivity index (χ4n) is 3.74. The maximum atomic E-state index is 13.2. The van der Waals surface area contributed by atoms with E-state index in [9.17, 15) is 9.59 Å². The number of thiophene rings is 1. The van der Waals surface area contributed by atoms with E-state index in [1.54, 1.807) is 37.5 Å². The zero-order chi connectivity index (χ0) is 23.8. The zero-order valence-corrected chi connectivity index (χ0v) is 20.2. The molecule has 1 aromatic heterocycles. The Balaban J connectivity index is 1.73. The molecule has 1 atom stereocenters. The van der Waals surface area contributed by atoms with Gasteiger partial charge in [-0.05, 0) is 66.1 Å². The molecular weight excluding hydrogens is 432 g/mol. The highest BCUT2D eigenvalue weighted by atomic mass is 32.1. The van der Waals surface area contributed by atoms with Crippen molar-refractivity contribution in [3.05, 3.63) is 93.8 Å². The smallest absolute Gasteiger partial charge is 0.268 e. The molecule has 0 aliphatic rings. The fraction of sp³-hybridized carbons (Fsp3) is 0.259. The van der Waals surface area contributed by atoms with Crippen LogP contribution in [0.5, 0.6) is 5.75 Å². The molecule has 2 amide bonds. The van der Waals surface area contributed by atoms with Crippen LogP contribution in [0.4, 0.5) is 0 Å². The number of rotatable bonds is 9. The van der Waals surface area contributed by atoms with Gasteiger partial charge in [-0.1, -0.05) is 50.2 Å². The Labute approximate surface area is 199 Å². The molecule has 3 aromatic rings. The van der Waals surface area contributed by atoms with Crippen LogP contribution in [0.1, 0.15) is 48.0 Å². The molecule has 0 fully saturated rings. The Morgan fingerprint density at radius 1 is 1.03 bits per heavy atom. The first kappa shape index (κ1) is 24.3. The molecule has 0 aliphatic carbocycles. The molecule has 33 heavy (non-hydrogen) atoms. The summed E-state index contributed by atoms with van der Waals surface area (Å²) in [6, 6.07) is 20.7. The van der Waals surface area contributed by atoms with Crippen LogP contribution in [0.25, 0.3) is 6.08 Å². The average Bonchev–Trinajstić information content (AvgIpc) is 3.32. The molecule has 3 rings (SSSR count). The molecule has 0 saturated heterocycles. The fourth-order valence-corrected chi connectivity index (χ4v) is 4.39. The molecule has 172 valence electrons. The van der Waals surface area contributed by atoms with Crippen molar-refractivity contribution in [1.82, 2.24) is 10.6 Å². The van der Waals surface area contributed by atoms with Crippen LogP contribution in [0.3, 0.4) is 0 Å². The number of benzene rings is 2. The van der Waals surface area contributed by atoms with Crippen molar-refractivity contribution < 1.29 is 14.3 Å². The summed E-state index contributed by atoms with van der Waals surface area (Å²) in [5.41, 5.74) is 1.76. The van der Waals surface area contributed by atoms with E-state index in [0.29, 0.717) is 11.3 Å². The molecule has 2 aromatic carbocycles. The molecule has 6 heteroatoms. The van der Waals surface area contributed by atoms with Crippen LogP contribution in [0.15, 0.2) is 77.8 Å². The molecular formula is C27H30N2O3S. The van der Waals surface area contributed by atoms with Gasteiger partial charge < -0.3 is 15.4 Å². The van der Waals surface area contributed by atoms with Gasteiger partial charge in [-0.3, -0.25) is 9.59 Å². The van der Waals surface area contributed by atoms with Gasteiger partial charge in [-0.2, -0.15) is 0 Å². The van der Waals surface area contributed by atoms with Gasteiger partial charge in [-0.25, -0.2) is 0 Å². The Hall–Kier alpha value is -3.38. The van der Waals surface area contributed by atoms with E-state index in [1.165, 1.54) is 16.9 Å². The molecule has 2 N–H and O–H groups in total. The Morgan fingerprint density at radius 3 is 2.33 bits per heavy atom. The number of methoxy groups -OCH3 is 1. The SMILES string of the molecule is COc1ccc(C(=O)N/C(=C\c2cccs2)C(=O)NC(C)CC(C)(C)c2ccccc2)cc1. The van der Waals surface area contributed by atoms with E-state index in [2.05, 4.69) is 36.6 Å². The molecule has 5 nitrogen and oxygen atoms in total. The Morgan fingerprint density at radius 2 is 1.73 bits per heavy atom. The number of nitrogens with one attached hydrogen (secondary N) is 2. The van der Waals surface area contributed by atoms with E-state index in [-0.39, 0.29) is 29.0 Å². The molecule has 0 spiro atoms. The van der Waals surface area contributed by atoms with Crippen LogP contribution < -0.4 is 15.4 Å². The average molecular weight is 463 g/mol. The van der Waals surface area contributed by atoms with E-state index in [4.69, 9.17) is 4.74 Å². The maximum Gasteiger partial charge on any atom is 0.268 e. The number of carbonyl (C=O) groups is 2. The predicted molar refractivity (Wildman–Crippen MR) is 134 cm³/mol. The third kappa shape index (κ3) is 6.80. The highest BCUT2D eigenvalue weighted by Gasteiger charge is 2.25. The summed E-state index contributed by atoms with van der Waals surface area (Å²) in [5, 5.41) is 7.77. The molecule has 1 heterocycles. The Bertz CT molecular complexity index is 1090. The van der Waals surface area contributed by atoms with Crippen molar-refractivity contribution in [3.63, 3.8) is 0 Å². The molecule has 0 radical (unpaired) electrons. The van der Waals surface area contributed by atoms with Crippen LogP contribution in [0, 0.1) is 0 Å². The van der Waals surface area contributed by atoms with Crippen molar-refractivity contribution >= 4 is 29.2 Å². The van der Waals surface area contributed by atoms with Crippen LogP contribution in [-0.2, 0) is 10.2 Å². The minimum absolute atomic E-state index is 0.0997. The van der Waals surface area contributed by atoms with E-state index in [0.717, 1.165) is 11.3 Å². The van der Waals surface area contributed by atoms with Crippen LogP contribution in [-0.4, -0.2) is 25.0 Å². The van der Waals surface area contributed by atoms with Crippen molar-refractivity contribution in [3.8, 4) is 5.75 Å². The highest BCUT2D eigenvalue weighted by Crippen LogP contribution is 2.28. The van der Waals surface area contributed by atoms with Crippen LogP contribution >= 0.6 is 11.3 Å². The lowest BCUT2D eigenvalue weighted by Crippen LogP contribution is -2.41. The lowest BCUT2D eigenvalue weighted by Gasteiger charge is -2.29. The standard InChI is InChI=1S/C27H30N2O3S/c1-19(18-27(2,3)21-9-6-5-7-10-21)28-26(31)24(17-23-11-8-16-33-23)29-25(30)20-12-14-22(32-4)15-13-20/h5-17,19H,18H2,1-4H3,(H,28,31)(H,29,30)/b24-17-. The molecule has 0 aliphatic heterocycles. The van der Waals surface area contributed by atoms with E-state index in [1.807, 2.05) is 42.6 Å². The summed E-state index contributed by atoms with van der Waals surface area (Å²) >= 11 is 1.50. The maximum absolute atomic E-state index is 13.2. The molecule has 0 saturated carbocycles. The predicted octanol–water partition coefficient (Wildman–Crippen LogP) is 5.40. The van der Waals surface area contributed by atoms with Gasteiger partial charge in [0.05, 0.1) is 7.11 Å². The second-order valence-corrected chi connectivity index (χ2v) is 9.56. The summed E-state index contributed by atoms with van der Waals surface area (Å²) in [5.74, 6) is -0.0111. The van der Waals surface area contributed by atoms with Crippen molar-refractivity contribution in [1.29, 1.82) is 0 Å². The van der Waals surface area contributed by atoms with Crippen LogP contribution in [0.2, 0.25) is 0 Å². The minimum Gasteiger partial charge on any atom is -0.497 e. The first-order valence-electron chi connectivity index (χ1n) is 10.9. The first-order chi connectivity index (χ1) is 15.8. The quantitative estimate of drug-likeness (QED) is 0.419. The van der Waals surface area contributed by atoms with Crippen molar-refractivity contribution in [2.45, 2.75) is 38.6 Å². The third-order valence-corrected chi connectivity index (χ3v) is 6.24. The summed E-state index contributed by atoms with van der Waals surface area (Å²) in [6.07, 6.45) is 2.46. The van der Waals surface area contributed by atoms with Gasteiger partial charge >= 0.3 is 0 Å². The largest absolute Gasteiger partial charge is 0.497 e. The number of hydrogen-bond donors (Lipinski definition) is 2. The zero-order valence-electron chi connectivity index (χ0n) is 19.4. The summed E-state index contributed by atoms with van der Waals surface area (Å²) in [7, 11) is 1.57. The number of hydrogen-bond acceptors (Lipinski definition) is 4. The van der Waals surface area contributed by atoms with Gasteiger partial charge in [0.15, 0.2) is 0 Å². The van der Waals surface area contributed by atoms with Gasteiger partial charge in [0.2, 0.25) is 0 Å². The second-order valence-electron chi connectivity index (χ2n) is 8.58. The second kappa shape index (κ2) is 11.0. The van der Waals surface area contributed by atoms with E-state index >= 15 is 0 Å². The monoisotopic (exact) mass is 462 g/mol. The third-order valence-electron chi connectivity index (χ3n) is 5.42. The molecule has 0 bridgehead atoms. The van der Waals surface area contributed by atoms with Gasteiger partial charge in [-0.15, -0.1) is 11.3 Å². The summed E-state index contributed by atoms with van der Waals surface area (Å²) < 4.78 is 5.15. The summed E-state index contributed by atoms with van der Waals surface area (Å²) in [4.78, 5) is 26.9. The first-order valence-corrected chi connectivity index (χ1v) is 11.7. The Kier molecular flexibility index (Phi) is 8.06. The van der Waals surface area contributed by atoms with Gasteiger partial charge in [0.1, 0.15) is 11.4 Å². The number of carbonyl (C=O) groups excluding carboxylic acids is 2. The van der Waals surface area contributed by atoms with Crippen molar-refractivity contribution in [2.75, 3.05) is 7.11 Å². The lowest BCUT2D eigenvalue weighted by molar-refractivity contribution is -0.118. The lowest BCUT2D eigenvalue weighted by atomic mass is 9.79. The highest BCUT2D eigenvalue weighted by molar-refractivity contribution is 7.10. The van der Waals surface area contributed by atoms with Gasteiger partial charge in [0.25, 0.3) is 11.8 Å². The topological polar surface area (TPSA) is 67.4 Å². The summed E-state index contributed by atoms with van der Waals surface area (Å²) in [6.45, 7) is 6.31. The molecule has 1 unspecified atom stereocenters. The number of ether oxygens (including phenoxy) is 1. The van der Waals surface area contributed by atoms with E-state index < -0.39 is 0 Å². The minimum atomic E-state index is -0.354. The van der Waals surface area contributed by atoms with Crippen molar-refractivity contribution in [2.24, 2.45) is 0 Å².